The zero-order valence-corrected chi connectivity index (χ0v) is 8.70. The zero-order chi connectivity index (χ0) is 10.6. The summed E-state index contributed by atoms with van der Waals surface area (Å²) in [6, 6.07) is 0. The third-order valence-corrected chi connectivity index (χ3v) is 1.70. The molecule has 76 valence electrons. The van der Waals surface area contributed by atoms with E-state index in [-0.39, 0.29) is 11.4 Å². The quantitative estimate of drug-likeness (QED) is 0.537. The van der Waals surface area contributed by atoms with Crippen molar-refractivity contribution < 1.29 is 14.6 Å². The summed E-state index contributed by atoms with van der Waals surface area (Å²) in [5.41, 5.74) is -0.292. The molecule has 0 aliphatic rings. The summed E-state index contributed by atoms with van der Waals surface area (Å²) in [4.78, 5) is 10.8. The Hall–Kier alpha value is -0.830. The minimum absolute atomic E-state index is 0.292. The number of hydrogen-bond donors (Lipinski definition) is 1. The standard InChI is InChI=1S/C10H18O3/c1-6-8(12)9(10(3,4)5)13-7(2)11/h6,8-9,12H,1H2,2-5H3/t8-,9+/m1/s1. The molecule has 0 aliphatic carbocycles. The number of carbonyl (C=O) groups is 1. The highest BCUT2D eigenvalue weighted by molar-refractivity contribution is 5.66. The maximum Gasteiger partial charge on any atom is 0.303 e. The monoisotopic (exact) mass is 186 g/mol. The van der Waals surface area contributed by atoms with Gasteiger partial charge in [0.2, 0.25) is 0 Å². The fourth-order valence-corrected chi connectivity index (χ4v) is 1.06. The van der Waals surface area contributed by atoms with Crippen LogP contribution in [0.4, 0.5) is 0 Å². The van der Waals surface area contributed by atoms with E-state index in [1.54, 1.807) is 0 Å². The van der Waals surface area contributed by atoms with E-state index < -0.39 is 12.2 Å². The zero-order valence-electron chi connectivity index (χ0n) is 8.70. The molecule has 0 amide bonds. The normalized spacial score (nSPS) is 16.1. The van der Waals surface area contributed by atoms with Gasteiger partial charge in [-0.3, -0.25) is 4.79 Å². The Morgan fingerprint density at radius 2 is 2.00 bits per heavy atom. The number of hydrogen-bond acceptors (Lipinski definition) is 3. The van der Waals surface area contributed by atoms with Crippen LogP contribution in [0.2, 0.25) is 0 Å². The van der Waals surface area contributed by atoms with E-state index in [2.05, 4.69) is 6.58 Å². The van der Waals surface area contributed by atoms with Gasteiger partial charge in [-0.2, -0.15) is 0 Å². The van der Waals surface area contributed by atoms with E-state index in [9.17, 15) is 9.90 Å². The molecule has 0 spiro atoms. The number of aliphatic hydroxyl groups is 1. The highest BCUT2D eigenvalue weighted by atomic mass is 16.6. The summed E-state index contributed by atoms with van der Waals surface area (Å²) in [5.74, 6) is -0.388. The SMILES string of the molecule is C=C[C@@H](O)[C@H](OC(C)=O)C(C)(C)C. The van der Waals surface area contributed by atoms with Crippen LogP contribution in [-0.4, -0.2) is 23.3 Å². The summed E-state index contributed by atoms with van der Waals surface area (Å²) in [6.45, 7) is 10.5. The van der Waals surface area contributed by atoms with Crippen molar-refractivity contribution in [2.45, 2.75) is 39.9 Å². The highest BCUT2D eigenvalue weighted by Crippen LogP contribution is 2.25. The topological polar surface area (TPSA) is 46.5 Å². The first-order valence-electron chi connectivity index (χ1n) is 4.27. The average molecular weight is 186 g/mol. The number of ether oxygens (including phenoxy) is 1. The Morgan fingerprint density at radius 3 is 2.23 bits per heavy atom. The molecule has 13 heavy (non-hydrogen) atoms. The molecule has 0 rings (SSSR count). The van der Waals surface area contributed by atoms with Crippen molar-refractivity contribution in [1.29, 1.82) is 0 Å². The predicted molar refractivity (Wildman–Crippen MR) is 51.2 cm³/mol. The van der Waals surface area contributed by atoms with Crippen molar-refractivity contribution in [3.8, 4) is 0 Å². The largest absolute Gasteiger partial charge is 0.459 e. The molecular weight excluding hydrogens is 168 g/mol. The lowest BCUT2D eigenvalue weighted by Gasteiger charge is -2.32. The van der Waals surface area contributed by atoms with Crippen LogP contribution in [0.1, 0.15) is 27.7 Å². The number of rotatable bonds is 3. The molecule has 0 radical (unpaired) electrons. The van der Waals surface area contributed by atoms with Crippen LogP contribution in [-0.2, 0) is 9.53 Å². The summed E-state index contributed by atoms with van der Waals surface area (Å²) >= 11 is 0. The van der Waals surface area contributed by atoms with Crippen molar-refractivity contribution in [2.75, 3.05) is 0 Å². The first kappa shape index (κ1) is 12.2. The molecule has 0 saturated carbocycles. The van der Waals surface area contributed by atoms with Crippen molar-refractivity contribution in [1.82, 2.24) is 0 Å². The second-order valence-corrected chi connectivity index (χ2v) is 4.12. The maximum atomic E-state index is 10.8. The van der Waals surface area contributed by atoms with Crippen LogP contribution in [0.15, 0.2) is 12.7 Å². The van der Waals surface area contributed by atoms with Gasteiger partial charge < -0.3 is 9.84 Å². The fourth-order valence-electron chi connectivity index (χ4n) is 1.06. The van der Waals surface area contributed by atoms with Crippen LogP contribution in [0.3, 0.4) is 0 Å². The van der Waals surface area contributed by atoms with E-state index >= 15 is 0 Å². The summed E-state index contributed by atoms with van der Waals surface area (Å²) < 4.78 is 5.01. The van der Waals surface area contributed by atoms with E-state index in [1.165, 1.54) is 13.0 Å². The summed E-state index contributed by atoms with van der Waals surface area (Å²) in [7, 11) is 0. The van der Waals surface area contributed by atoms with Crippen molar-refractivity contribution in [3.05, 3.63) is 12.7 Å². The summed E-state index contributed by atoms with van der Waals surface area (Å²) in [5, 5.41) is 9.51. The third kappa shape index (κ3) is 4.08. The van der Waals surface area contributed by atoms with Crippen molar-refractivity contribution in [2.24, 2.45) is 5.41 Å². The Bertz CT molecular complexity index is 191. The second kappa shape index (κ2) is 4.42. The Balaban J connectivity index is 4.55. The Labute approximate surface area is 79.4 Å². The Morgan fingerprint density at radius 1 is 1.54 bits per heavy atom. The molecule has 0 aromatic heterocycles. The first-order chi connectivity index (χ1) is 5.79. The molecule has 0 aromatic rings. The van der Waals surface area contributed by atoms with Gasteiger partial charge in [0, 0.05) is 12.3 Å². The molecular formula is C10H18O3. The molecule has 0 aliphatic heterocycles. The minimum atomic E-state index is -0.816. The number of esters is 1. The second-order valence-electron chi connectivity index (χ2n) is 4.12. The molecule has 3 heteroatoms. The van der Waals surface area contributed by atoms with Gasteiger partial charge in [0.25, 0.3) is 0 Å². The van der Waals surface area contributed by atoms with Crippen LogP contribution in [0, 0.1) is 5.41 Å². The number of aliphatic hydroxyl groups excluding tert-OH is 1. The van der Waals surface area contributed by atoms with Gasteiger partial charge >= 0.3 is 5.97 Å². The van der Waals surface area contributed by atoms with Crippen molar-refractivity contribution in [3.63, 3.8) is 0 Å². The fraction of sp³-hybridized carbons (Fsp3) is 0.700. The molecule has 0 aromatic carbocycles. The van der Waals surface area contributed by atoms with Crippen LogP contribution >= 0.6 is 0 Å². The molecule has 2 atom stereocenters. The van der Waals surface area contributed by atoms with Crippen molar-refractivity contribution >= 4 is 5.97 Å². The van der Waals surface area contributed by atoms with Gasteiger partial charge in [-0.05, 0) is 0 Å². The number of carbonyl (C=O) groups excluding carboxylic acids is 1. The van der Waals surface area contributed by atoms with E-state index in [4.69, 9.17) is 4.74 Å². The summed E-state index contributed by atoms with van der Waals surface area (Å²) in [6.07, 6.45) is 0.0187. The minimum Gasteiger partial charge on any atom is -0.459 e. The lowest BCUT2D eigenvalue weighted by Crippen LogP contribution is -2.40. The molecule has 0 saturated heterocycles. The molecule has 0 fully saturated rings. The van der Waals surface area contributed by atoms with Gasteiger partial charge in [-0.25, -0.2) is 0 Å². The van der Waals surface area contributed by atoms with Crippen LogP contribution in [0.5, 0.6) is 0 Å². The molecule has 1 N–H and O–H groups in total. The maximum absolute atomic E-state index is 10.8. The first-order valence-corrected chi connectivity index (χ1v) is 4.27. The average Bonchev–Trinajstić information content (AvgIpc) is 1.96. The van der Waals surface area contributed by atoms with E-state index in [0.717, 1.165) is 0 Å². The van der Waals surface area contributed by atoms with Crippen LogP contribution in [0.25, 0.3) is 0 Å². The van der Waals surface area contributed by atoms with Gasteiger partial charge in [0.05, 0.1) is 0 Å². The molecule has 3 nitrogen and oxygen atoms in total. The molecule has 0 heterocycles. The van der Waals surface area contributed by atoms with Gasteiger partial charge in [0.15, 0.2) is 0 Å². The third-order valence-electron chi connectivity index (χ3n) is 1.70. The van der Waals surface area contributed by atoms with E-state index in [0.29, 0.717) is 0 Å². The predicted octanol–water partition coefficient (Wildman–Crippen LogP) is 1.51. The Kier molecular flexibility index (Phi) is 4.14. The highest BCUT2D eigenvalue weighted by Gasteiger charge is 2.32. The smallest absolute Gasteiger partial charge is 0.303 e. The molecule has 0 unspecified atom stereocenters. The lowest BCUT2D eigenvalue weighted by molar-refractivity contribution is -0.158. The van der Waals surface area contributed by atoms with Gasteiger partial charge in [-0.1, -0.05) is 26.8 Å². The van der Waals surface area contributed by atoms with Gasteiger partial charge in [0.1, 0.15) is 12.2 Å². The molecule has 0 bridgehead atoms. The van der Waals surface area contributed by atoms with E-state index in [1.807, 2.05) is 20.8 Å². The van der Waals surface area contributed by atoms with Crippen LogP contribution < -0.4 is 0 Å². The van der Waals surface area contributed by atoms with Gasteiger partial charge in [-0.15, -0.1) is 6.58 Å². The lowest BCUT2D eigenvalue weighted by atomic mass is 9.85.